The first-order valence-electron chi connectivity index (χ1n) is 6.98. The Morgan fingerprint density at radius 1 is 1.32 bits per heavy atom. The summed E-state index contributed by atoms with van der Waals surface area (Å²) in [6, 6.07) is 0. The summed E-state index contributed by atoms with van der Waals surface area (Å²) >= 11 is 0. The number of nitrogens with one attached hydrogen (secondary N) is 1. The smallest absolute Gasteiger partial charge is 0.236 e. The zero-order chi connectivity index (χ0) is 14.5. The minimum Gasteiger partial charge on any atom is -0.355 e. The minimum atomic E-state index is -3.44. The monoisotopic (exact) mass is 290 g/mol. The van der Waals surface area contributed by atoms with E-state index in [2.05, 4.69) is 12.2 Å². The van der Waals surface area contributed by atoms with Gasteiger partial charge in [0.2, 0.25) is 15.9 Å². The second-order valence-corrected chi connectivity index (χ2v) is 8.00. The molecule has 0 aromatic carbocycles. The van der Waals surface area contributed by atoms with Crippen molar-refractivity contribution in [1.82, 2.24) is 9.62 Å². The van der Waals surface area contributed by atoms with Crippen molar-refractivity contribution in [2.24, 2.45) is 11.8 Å². The second kappa shape index (κ2) is 7.24. The molecular formula is C13H26N2O3S. The van der Waals surface area contributed by atoms with E-state index in [1.165, 1.54) is 39.8 Å². The Labute approximate surface area is 116 Å². The van der Waals surface area contributed by atoms with Crippen LogP contribution in [0.5, 0.6) is 0 Å². The highest BCUT2D eigenvalue weighted by molar-refractivity contribution is 7.89. The van der Waals surface area contributed by atoms with E-state index in [-0.39, 0.29) is 0 Å². The molecule has 1 rings (SSSR count). The molecule has 0 aromatic rings. The molecule has 1 saturated carbocycles. The molecule has 1 amide bonds. The van der Waals surface area contributed by atoms with Gasteiger partial charge < -0.3 is 5.32 Å². The molecule has 1 N–H and O–H groups in total. The van der Waals surface area contributed by atoms with Gasteiger partial charge >= 0.3 is 0 Å². The lowest BCUT2D eigenvalue weighted by molar-refractivity contribution is -0.118. The predicted octanol–water partition coefficient (Wildman–Crippen LogP) is 1.21. The average Bonchev–Trinajstić information content (AvgIpc) is 2.28. The third-order valence-corrected chi connectivity index (χ3v) is 5.53. The van der Waals surface area contributed by atoms with Crippen molar-refractivity contribution < 1.29 is 13.2 Å². The highest BCUT2D eigenvalue weighted by atomic mass is 32.2. The first-order chi connectivity index (χ1) is 8.81. The maximum Gasteiger partial charge on any atom is 0.236 e. The van der Waals surface area contributed by atoms with Crippen LogP contribution >= 0.6 is 0 Å². The first kappa shape index (κ1) is 16.4. The normalized spacial score (nSPS) is 24.4. The Morgan fingerprint density at radius 3 is 2.58 bits per heavy atom. The SMILES string of the molecule is C[C@@H]1CCC[C@H](CCNC(=O)CS(=O)(=O)N(C)C)C1. The Kier molecular flexibility index (Phi) is 6.26. The molecule has 5 nitrogen and oxygen atoms in total. The highest BCUT2D eigenvalue weighted by Crippen LogP contribution is 2.30. The van der Waals surface area contributed by atoms with Crippen LogP contribution in [0, 0.1) is 11.8 Å². The molecule has 2 atom stereocenters. The molecule has 0 bridgehead atoms. The third-order valence-electron chi connectivity index (χ3n) is 3.79. The van der Waals surface area contributed by atoms with Crippen LogP contribution in [0.4, 0.5) is 0 Å². The Hall–Kier alpha value is -0.620. The summed E-state index contributed by atoms with van der Waals surface area (Å²) in [5.74, 6) is 0.594. The fourth-order valence-electron chi connectivity index (χ4n) is 2.58. The van der Waals surface area contributed by atoms with Crippen molar-refractivity contribution in [1.29, 1.82) is 0 Å². The minimum absolute atomic E-state index is 0.405. The van der Waals surface area contributed by atoms with Crippen LogP contribution in [0.2, 0.25) is 0 Å². The molecule has 19 heavy (non-hydrogen) atoms. The molecule has 112 valence electrons. The quantitative estimate of drug-likeness (QED) is 0.799. The molecule has 0 spiro atoms. The van der Waals surface area contributed by atoms with Gasteiger partial charge in [-0.2, -0.15) is 0 Å². The van der Waals surface area contributed by atoms with E-state index >= 15 is 0 Å². The van der Waals surface area contributed by atoms with Gasteiger partial charge in [0, 0.05) is 20.6 Å². The standard InChI is InChI=1S/C13H26N2O3S/c1-11-5-4-6-12(9-11)7-8-14-13(16)10-19(17,18)15(2)3/h11-12H,4-10H2,1-3H3,(H,14,16)/t11-,12-/m1/s1. The van der Waals surface area contributed by atoms with E-state index in [0.717, 1.165) is 16.6 Å². The zero-order valence-corrected chi connectivity index (χ0v) is 13.0. The summed E-state index contributed by atoms with van der Waals surface area (Å²) in [6.45, 7) is 2.85. The lowest BCUT2D eigenvalue weighted by Gasteiger charge is -2.26. The van der Waals surface area contributed by atoms with Gasteiger partial charge in [-0.1, -0.05) is 26.2 Å². The molecule has 1 aliphatic carbocycles. The number of nitrogens with zero attached hydrogens (tertiary/aromatic N) is 1. The Morgan fingerprint density at radius 2 is 2.00 bits per heavy atom. The van der Waals surface area contributed by atoms with Gasteiger partial charge in [-0.25, -0.2) is 12.7 Å². The third kappa shape index (κ3) is 5.91. The van der Waals surface area contributed by atoms with Crippen LogP contribution in [0.3, 0.4) is 0 Å². The molecule has 1 fully saturated rings. The maximum atomic E-state index is 11.6. The van der Waals surface area contributed by atoms with Gasteiger partial charge in [-0.3, -0.25) is 4.79 Å². The summed E-state index contributed by atoms with van der Waals surface area (Å²) in [7, 11) is -0.567. The molecule has 0 heterocycles. The lowest BCUT2D eigenvalue weighted by Crippen LogP contribution is -2.36. The molecule has 0 radical (unpaired) electrons. The molecule has 0 aliphatic heterocycles. The maximum absolute atomic E-state index is 11.6. The fraction of sp³-hybridized carbons (Fsp3) is 0.923. The average molecular weight is 290 g/mol. The van der Waals surface area contributed by atoms with Gasteiger partial charge in [-0.15, -0.1) is 0 Å². The molecule has 0 saturated heterocycles. The summed E-state index contributed by atoms with van der Waals surface area (Å²) in [5.41, 5.74) is 0. The van der Waals surface area contributed by atoms with Crippen LogP contribution in [-0.4, -0.2) is 45.0 Å². The zero-order valence-electron chi connectivity index (χ0n) is 12.2. The fourth-order valence-corrected chi connectivity index (χ4v) is 3.28. The van der Waals surface area contributed by atoms with Gasteiger partial charge in [-0.05, 0) is 24.7 Å². The molecular weight excluding hydrogens is 264 g/mol. The van der Waals surface area contributed by atoms with E-state index < -0.39 is 21.7 Å². The lowest BCUT2D eigenvalue weighted by atomic mass is 9.81. The number of sulfonamides is 1. The Balaban J connectivity index is 2.24. The van der Waals surface area contributed by atoms with Crippen molar-refractivity contribution in [2.45, 2.75) is 39.0 Å². The summed E-state index contributed by atoms with van der Waals surface area (Å²) in [6.07, 6.45) is 6.00. The predicted molar refractivity (Wildman–Crippen MR) is 76.2 cm³/mol. The number of hydrogen-bond acceptors (Lipinski definition) is 3. The number of rotatable bonds is 6. The van der Waals surface area contributed by atoms with E-state index in [0.29, 0.717) is 12.5 Å². The van der Waals surface area contributed by atoms with Crippen molar-refractivity contribution in [3.63, 3.8) is 0 Å². The van der Waals surface area contributed by atoms with E-state index in [9.17, 15) is 13.2 Å². The van der Waals surface area contributed by atoms with Crippen LogP contribution in [0.15, 0.2) is 0 Å². The topological polar surface area (TPSA) is 66.5 Å². The van der Waals surface area contributed by atoms with Gasteiger partial charge in [0.15, 0.2) is 0 Å². The van der Waals surface area contributed by atoms with Crippen LogP contribution < -0.4 is 5.32 Å². The second-order valence-electron chi connectivity index (χ2n) is 5.82. The van der Waals surface area contributed by atoms with E-state index in [1.807, 2.05) is 0 Å². The van der Waals surface area contributed by atoms with Crippen LogP contribution in [-0.2, 0) is 14.8 Å². The Bertz CT molecular complexity index is 393. The largest absolute Gasteiger partial charge is 0.355 e. The van der Waals surface area contributed by atoms with Crippen LogP contribution in [0.1, 0.15) is 39.0 Å². The van der Waals surface area contributed by atoms with Crippen molar-refractivity contribution in [2.75, 3.05) is 26.4 Å². The molecule has 1 aliphatic rings. The summed E-state index contributed by atoms with van der Waals surface area (Å²) in [5, 5.41) is 2.71. The van der Waals surface area contributed by atoms with Crippen molar-refractivity contribution in [3.8, 4) is 0 Å². The number of carbonyl (C=O) groups is 1. The van der Waals surface area contributed by atoms with E-state index in [4.69, 9.17) is 0 Å². The summed E-state index contributed by atoms with van der Waals surface area (Å²) < 4.78 is 24.1. The van der Waals surface area contributed by atoms with Crippen molar-refractivity contribution >= 4 is 15.9 Å². The summed E-state index contributed by atoms with van der Waals surface area (Å²) in [4.78, 5) is 11.6. The molecule has 0 aromatic heterocycles. The van der Waals surface area contributed by atoms with E-state index in [1.54, 1.807) is 0 Å². The first-order valence-corrected chi connectivity index (χ1v) is 8.59. The number of carbonyl (C=O) groups excluding carboxylic acids is 1. The van der Waals surface area contributed by atoms with Crippen LogP contribution in [0.25, 0.3) is 0 Å². The van der Waals surface area contributed by atoms with Gasteiger partial charge in [0.1, 0.15) is 5.75 Å². The number of hydrogen-bond donors (Lipinski definition) is 1. The number of amides is 1. The highest BCUT2D eigenvalue weighted by Gasteiger charge is 2.20. The van der Waals surface area contributed by atoms with Gasteiger partial charge in [0.05, 0.1) is 0 Å². The van der Waals surface area contributed by atoms with Gasteiger partial charge in [0.25, 0.3) is 0 Å². The molecule has 0 unspecified atom stereocenters. The van der Waals surface area contributed by atoms with Crippen molar-refractivity contribution in [3.05, 3.63) is 0 Å². The molecule has 6 heteroatoms.